The fraction of sp³-hybridized carbons (Fsp3) is 0.588. The highest BCUT2D eigenvalue weighted by molar-refractivity contribution is 5.91. The molecule has 1 saturated carbocycles. The molecule has 2 rings (SSSR count). The van der Waals surface area contributed by atoms with Gasteiger partial charge in [0.1, 0.15) is 0 Å². The summed E-state index contributed by atoms with van der Waals surface area (Å²) in [5.41, 5.74) is 8.69. The molecule has 0 aromatic heterocycles. The lowest BCUT2D eigenvalue weighted by molar-refractivity contribution is -0.116. The number of carbonyl (C=O) groups is 1. The normalized spacial score (nSPS) is 16.1. The Kier molecular flexibility index (Phi) is 5.60. The highest BCUT2D eigenvalue weighted by atomic mass is 16.1. The largest absolute Gasteiger partial charge is 0.326 e. The lowest BCUT2D eigenvalue weighted by Gasteiger charge is -2.21. The zero-order valence-electron chi connectivity index (χ0n) is 12.5. The molecule has 0 saturated heterocycles. The molecule has 0 radical (unpaired) electrons. The summed E-state index contributed by atoms with van der Waals surface area (Å²) in [6, 6.07) is 6.00. The van der Waals surface area contributed by atoms with Crippen molar-refractivity contribution >= 4 is 11.6 Å². The maximum Gasteiger partial charge on any atom is 0.224 e. The summed E-state index contributed by atoms with van der Waals surface area (Å²) < 4.78 is 0. The Morgan fingerprint density at radius 1 is 1.30 bits per heavy atom. The second-order valence-corrected chi connectivity index (χ2v) is 5.94. The third-order valence-corrected chi connectivity index (χ3v) is 4.32. The summed E-state index contributed by atoms with van der Waals surface area (Å²) >= 11 is 0. The van der Waals surface area contributed by atoms with Gasteiger partial charge in [-0.3, -0.25) is 4.79 Å². The van der Waals surface area contributed by atoms with Crippen LogP contribution in [0.4, 0.5) is 5.69 Å². The van der Waals surface area contributed by atoms with E-state index in [2.05, 4.69) is 5.32 Å². The summed E-state index contributed by atoms with van der Waals surface area (Å²) in [6.07, 6.45) is 8.31. The van der Waals surface area contributed by atoms with Crippen LogP contribution in [0.3, 0.4) is 0 Å². The minimum Gasteiger partial charge on any atom is -0.326 e. The number of amides is 1. The molecule has 3 heteroatoms. The predicted molar refractivity (Wildman–Crippen MR) is 83.5 cm³/mol. The Morgan fingerprint density at radius 3 is 2.75 bits per heavy atom. The van der Waals surface area contributed by atoms with Crippen LogP contribution < -0.4 is 11.1 Å². The van der Waals surface area contributed by atoms with E-state index in [0.717, 1.165) is 29.2 Å². The van der Waals surface area contributed by atoms with Gasteiger partial charge in [0, 0.05) is 18.7 Å². The Bertz CT molecular complexity index is 450. The first-order chi connectivity index (χ1) is 9.69. The van der Waals surface area contributed by atoms with Crippen molar-refractivity contribution in [1.82, 2.24) is 0 Å². The Balaban J connectivity index is 1.84. The Labute approximate surface area is 121 Å². The Hall–Kier alpha value is -1.35. The van der Waals surface area contributed by atoms with E-state index in [-0.39, 0.29) is 5.91 Å². The fourth-order valence-corrected chi connectivity index (χ4v) is 2.95. The molecule has 0 bridgehead atoms. The molecule has 0 spiro atoms. The number of anilines is 1. The van der Waals surface area contributed by atoms with Crippen LogP contribution in [-0.4, -0.2) is 5.91 Å². The number of hydrogen-bond donors (Lipinski definition) is 2. The highest BCUT2D eigenvalue weighted by Crippen LogP contribution is 2.27. The van der Waals surface area contributed by atoms with E-state index in [4.69, 9.17) is 5.73 Å². The summed E-state index contributed by atoms with van der Waals surface area (Å²) in [6.45, 7) is 2.52. The van der Waals surface area contributed by atoms with Gasteiger partial charge >= 0.3 is 0 Å². The topological polar surface area (TPSA) is 55.1 Å². The van der Waals surface area contributed by atoms with Crippen molar-refractivity contribution in [2.75, 3.05) is 5.32 Å². The number of rotatable bonds is 5. The molecule has 1 aliphatic carbocycles. The number of aryl methyl sites for hydroxylation is 1. The molecule has 0 aliphatic heterocycles. The van der Waals surface area contributed by atoms with Crippen molar-refractivity contribution in [3.63, 3.8) is 0 Å². The number of carbonyl (C=O) groups excluding carboxylic acids is 1. The number of nitrogens with one attached hydrogen (secondary N) is 1. The van der Waals surface area contributed by atoms with Crippen molar-refractivity contribution in [3.05, 3.63) is 29.3 Å². The van der Waals surface area contributed by atoms with E-state index < -0.39 is 0 Å². The van der Waals surface area contributed by atoms with Crippen molar-refractivity contribution < 1.29 is 4.79 Å². The maximum atomic E-state index is 12.1. The first-order valence-corrected chi connectivity index (χ1v) is 7.78. The first kappa shape index (κ1) is 15.0. The van der Waals surface area contributed by atoms with Gasteiger partial charge in [-0.15, -0.1) is 0 Å². The van der Waals surface area contributed by atoms with Crippen LogP contribution in [0.1, 0.15) is 56.1 Å². The standard InChI is InChI=1S/C17H26N2O/c1-13-7-8-15(12-18)11-16(13)19-17(20)10-9-14-5-3-2-4-6-14/h7-8,11,14H,2-6,9-10,12,18H2,1H3,(H,19,20). The van der Waals surface area contributed by atoms with Crippen LogP contribution >= 0.6 is 0 Å². The second kappa shape index (κ2) is 7.44. The zero-order chi connectivity index (χ0) is 14.4. The molecular weight excluding hydrogens is 248 g/mol. The number of nitrogens with two attached hydrogens (primary N) is 1. The van der Waals surface area contributed by atoms with Gasteiger partial charge in [0.2, 0.25) is 5.91 Å². The van der Waals surface area contributed by atoms with Gasteiger partial charge in [-0.1, -0.05) is 44.2 Å². The summed E-state index contributed by atoms with van der Waals surface area (Å²) in [4.78, 5) is 12.1. The van der Waals surface area contributed by atoms with Gasteiger partial charge in [0.15, 0.2) is 0 Å². The molecule has 1 aromatic carbocycles. The average Bonchev–Trinajstić information content (AvgIpc) is 2.48. The van der Waals surface area contributed by atoms with Crippen LogP contribution in [-0.2, 0) is 11.3 Å². The van der Waals surface area contributed by atoms with Gasteiger partial charge in [-0.2, -0.15) is 0 Å². The lowest BCUT2D eigenvalue weighted by Crippen LogP contribution is -2.15. The van der Waals surface area contributed by atoms with E-state index in [0.29, 0.717) is 13.0 Å². The predicted octanol–water partition coefficient (Wildman–Crippen LogP) is 3.75. The first-order valence-electron chi connectivity index (χ1n) is 7.78. The van der Waals surface area contributed by atoms with Crippen molar-refractivity contribution in [1.29, 1.82) is 0 Å². The van der Waals surface area contributed by atoms with Crippen molar-refractivity contribution in [2.45, 2.75) is 58.4 Å². The van der Waals surface area contributed by atoms with Gasteiger partial charge in [-0.05, 0) is 36.5 Å². The average molecular weight is 274 g/mol. The van der Waals surface area contributed by atoms with Crippen molar-refractivity contribution in [2.24, 2.45) is 11.7 Å². The van der Waals surface area contributed by atoms with Crippen LogP contribution in [0.25, 0.3) is 0 Å². The molecule has 20 heavy (non-hydrogen) atoms. The SMILES string of the molecule is Cc1ccc(CN)cc1NC(=O)CCC1CCCCC1. The molecule has 3 nitrogen and oxygen atoms in total. The molecule has 1 fully saturated rings. The van der Waals surface area contributed by atoms with Gasteiger partial charge < -0.3 is 11.1 Å². The molecule has 0 heterocycles. The molecule has 0 unspecified atom stereocenters. The van der Waals surface area contributed by atoms with Gasteiger partial charge in [0.05, 0.1) is 0 Å². The summed E-state index contributed by atoms with van der Waals surface area (Å²) in [7, 11) is 0. The minimum absolute atomic E-state index is 0.132. The van der Waals surface area contributed by atoms with Crippen LogP contribution in [0.2, 0.25) is 0 Å². The van der Waals surface area contributed by atoms with E-state index in [1.54, 1.807) is 0 Å². The van der Waals surface area contributed by atoms with Crippen molar-refractivity contribution in [3.8, 4) is 0 Å². The molecular formula is C17H26N2O. The highest BCUT2D eigenvalue weighted by Gasteiger charge is 2.15. The smallest absolute Gasteiger partial charge is 0.224 e. The van der Waals surface area contributed by atoms with Gasteiger partial charge in [-0.25, -0.2) is 0 Å². The van der Waals surface area contributed by atoms with Crippen LogP contribution in [0.5, 0.6) is 0 Å². The zero-order valence-corrected chi connectivity index (χ0v) is 12.5. The van der Waals surface area contributed by atoms with Gasteiger partial charge in [0.25, 0.3) is 0 Å². The Morgan fingerprint density at radius 2 is 2.05 bits per heavy atom. The molecule has 1 aromatic rings. The van der Waals surface area contributed by atoms with E-state index in [1.807, 2.05) is 25.1 Å². The molecule has 110 valence electrons. The summed E-state index contributed by atoms with van der Waals surface area (Å²) in [5, 5.41) is 3.03. The van der Waals surface area contributed by atoms with Crippen LogP contribution in [0.15, 0.2) is 18.2 Å². The minimum atomic E-state index is 0.132. The molecule has 0 atom stereocenters. The van der Waals surface area contributed by atoms with E-state index >= 15 is 0 Å². The fourth-order valence-electron chi connectivity index (χ4n) is 2.95. The lowest BCUT2D eigenvalue weighted by atomic mass is 9.86. The quantitative estimate of drug-likeness (QED) is 0.859. The van der Waals surface area contributed by atoms with E-state index in [1.165, 1.54) is 32.1 Å². The number of benzene rings is 1. The monoisotopic (exact) mass is 274 g/mol. The third kappa shape index (κ3) is 4.34. The second-order valence-electron chi connectivity index (χ2n) is 5.94. The molecule has 1 aliphatic rings. The number of hydrogen-bond acceptors (Lipinski definition) is 2. The van der Waals surface area contributed by atoms with E-state index in [9.17, 15) is 4.79 Å². The molecule has 3 N–H and O–H groups in total. The molecule has 1 amide bonds. The van der Waals surface area contributed by atoms with Crippen LogP contribution in [0, 0.1) is 12.8 Å². The summed E-state index contributed by atoms with van der Waals surface area (Å²) in [5.74, 6) is 0.888. The maximum absolute atomic E-state index is 12.1. The third-order valence-electron chi connectivity index (χ3n) is 4.32.